The second-order valence-corrected chi connectivity index (χ2v) is 6.20. The van der Waals surface area contributed by atoms with Gasteiger partial charge in [0.2, 0.25) is 0 Å². The van der Waals surface area contributed by atoms with Crippen molar-refractivity contribution in [1.82, 2.24) is 4.98 Å². The standard InChI is InChI=1S/C16H23N3S/c1-4-10-17-14-8-5-9-15(18-14)19-16(12(2)3)13-7-6-11-20-13/h5-9,11-12,16H,4,10H2,1-3H3,(H2,17,18,19). The Balaban J connectivity index is 2.10. The van der Waals surface area contributed by atoms with Crippen molar-refractivity contribution >= 4 is 23.0 Å². The second kappa shape index (κ2) is 7.29. The van der Waals surface area contributed by atoms with Gasteiger partial charge in [-0.2, -0.15) is 0 Å². The molecule has 0 aromatic carbocycles. The highest BCUT2D eigenvalue weighted by Crippen LogP contribution is 2.29. The third kappa shape index (κ3) is 3.97. The maximum absolute atomic E-state index is 4.62. The van der Waals surface area contributed by atoms with Crippen LogP contribution in [0.1, 0.15) is 38.1 Å². The van der Waals surface area contributed by atoms with Gasteiger partial charge in [0, 0.05) is 11.4 Å². The van der Waals surface area contributed by atoms with E-state index in [1.54, 1.807) is 11.3 Å². The third-order valence-electron chi connectivity index (χ3n) is 3.12. The van der Waals surface area contributed by atoms with E-state index in [0.717, 1.165) is 24.6 Å². The number of pyridine rings is 1. The molecular formula is C16H23N3S. The Bertz CT molecular complexity index is 508. The molecule has 4 heteroatoms. The number of nitrogens with one attached hydrogen (secondary N) is 2. The predicted octanol–water partition coefficient (Wildman–Crippen LogP) is 4.77. The van der Waals surface area contributed by atoms with Gasteiger partial charge in [-0.1, -0.05) is 32.9 Å². The molecule has 108 valence electrons. The predicted molar refractivity (Wildman–Crippen MR) is 88.5 cm³/mol. The smallest absolute Gasteiger partial charge is 0.128 e. The summed E-state index contributed by atoms with van der Waals surface area (Å²) in [6.45, 7) is 7.57. The fourth-order valence-corrected chi connectivity index (χ4v) is 3.01. The molecule has 2 aromatic rings. The van der Waals surface area contributed by atoms with Crippen molar-refractivity contribution in [2.45, 2.75) is 33.2 Å². The normalized spacial score (nSPS) is 12.4. The van der Waals surface area contributed by atoms with Gasteiger partial charge in [0.15, 0.2) is 0 Å². The summed E-state index contributed by atoms with van der Waals surface area (Å²) in [5.74, 6) is 2.38. The molecule has 3 nitrogen and oxygen atoms in total. The molecule has 0 aliphatic heterocycles. The van der Waals surface area contributed by atoms with E-state index in [2.05, 4.69) is 53.9 Å². The average molecular weight is 289 g/mol. The van der Waals surface area contributed by atoms with Gasteiger partial charge >= 0.3 is 0 Å². The Kier molecular flexibility index (Phi) is 5.41. The quantitative estimate of drug-likeness (QED) is 0.770. The van der Waals surface area contributed by atoms with E-state index in [-0.39, 0.29) is 0 Å². The summed E-state index contributed by atoms with van der Waals surface area (Å²) in [5.41, 5.74) is 0. The molecule has 0 fully saturated rings. The Labute approximate surface area is 125 Å². The molecule has 0 radical (unpaired) electrons. The van der Waals surface area contributed by atoms with E-state index in [0.29, 0.717) is 12.0 Å². The Morgan fingerprint density at radius 3 is 2.60 bits per heavy atom. The SMILES string of the molecule is CCCNc1cccc(NC(c2cccs2)C(C)C)n1. The topological polar surface area (TPSA) is 37.0 Å². The van der Waals surface area contributed by atoms with E-state index in [1.165, 1.54) is 4.88 Å². The summed E-state index contributed by atoms with van der Waals surface area (Å²) in [4.78, 5) is 5.98. The van der Waals surface area contributed by atoms with Gasteiger partial charge in [-0.3, -0.25) is 0 Å². The minimum Gasteiger partial charge on any atom is -0.370 e. The fraction of sp³-hybridized carbons (Fsp3) is 0.438. The second-order valence-electron chi connectivity index (χ2n) is 5.22. The number of nitrogens with zero attached hydrogens (tertiary/aromatic N) is 1. The van der Waals surface area contributed by atoms with E-state index >= 15 is 0 Å². The molecule has 0 aliphatic carbocycles. The zero-order valence-corrected chi connectivity index (χ0v) is 13.2. The summed E-state index contributed by atoms with van der Waals surface area (Å²) in [7, 11) is 0. The number of thiophene rings is 1. The van der Waals surface area contributed by atoms with Gasteiger partial charge in [0.25, 0.3) is 0 Å². The summed E-state index contributed by atoms with van der Waals surface area (Å²) in [5, 5.41) is 9.00. The van der Waals surface area contributed by atoms with E-state index < -0.39 is 0 Å². The molecule has 1 unspecified atom stereocenters. The highest BCUT2D eigenvalue weighted by Gasteiger charge is 2.17. The van der Waals surface area contributed by atoms with Gasteiger partial charge in [-0.15, -0.1) is 11.3 Å². The molecule has 0 bridgehead atoms. The number of hydrogen-bond donors (Lipinski definition) is 2. The van der Waals surface area contributed by atoms with Gasteiger partial charge in [-0.05, 0) is 35.9 Å². The van der Waals surface area contributed by atoms with Crippen molar-refractivity contribution in [3.05, 3.63) is 40.6 Å². The first-order valence-electron chi connectivity index (χ1n) is 7.21. The van der Waals surface area contributed by atoms with Crippen molar-refractivity contribution < 1.29 is 0 Å². The van der Waals surface area contributed by atoms with Gasteiger partial charge in [-0.25, -0.2) is 4.98 Å². The van der Waals surface area contributed by atoms with Crippen LogP contribution in [-0.4, -0.2) is 11.5 Å². The molecule has 2 heterocycles. The lowest BCUT2D eigenvalue weighted by Gasteiger charge is -2.22. The molecule has 0 saturated heterocycles. The Morgan fingerprint density at radius 1 is 1.15 bits per heavy atom. The first-order chi connectivity index (χ1) is 9.70. The van der Waals surface area contributed by atoms with Crippen LogP contribution < -0.4 is 10.6 Å². The lowest BCUT2D eigenvalue weighted by Crippen LogP contribution is -2.16. The zero-order chi connectivity index (χ0) is 14.4. The van der Waals surface area contributed by atoms with Gasteiger partial charge in [0.1, 0.15) is 11.6 Å². The Hall–Kier alpha value is -1.55. The van der Waals surface area contributed by atoms with Gasteiger partial charge in [0.05, 0.1) is 6.04 Å². The highest BCUT2D eigenvalue weighted by atomic mass is 32.1. The van der Waals surface area contributed by atoms with Crippen LogP contribution >= 0.6 is 11.3 Å². The largest absolute Gasteiger partial charge is 0.370 e. The van der Waals surface area contributed by atoms with Crippen LogP contribution in [0.2, 0.25) is 0 Å². The minimum atomic E-state index is 0.309. The molecule has 2 rings (SSSR count). The van der Waals surface area contributed by atoms with Crippen LogP contribution in [-0.2, 0) is 0 Å². The highest BCUT2D eigenvalue weighted by molar-refractivity contribution is 7.10. The van der Waals surface area contributed by atoms with Crippen LogP contribution in [0.25, 0.3) is 0 Å². The molecule has 2 aromatic heterocycles. The van der Waals surface area contributed by atoms with Crippen molar-refractivity contribution in [1.29, 1.82) is 0 Å². The number of hydrogen-bond acceptors (Lipinski definition) is 4. The molecule has 0 spiro atoms. The molecule has 0 saturated carbocycles. The summed E-state index contributed by atoms with van der Waals surface area (Å²) in [6, 6.07) is 10.7. The van der Waals surface area contributed by atoms with E-state index in [1.807, 2.05) is 18.2 Å². The maximum atomic E-state index is 4.62. The average Bonchev–Trinajstić information content (AvgIpc) is 2.96. The maximum Gasteiger partial charge on any atom is 0.128 e. The lowest BCUT2D eigenvalue weighted by molar-refractivity contribution is 0.552. The lowest BCUT2D eigenvalue weighted by atomic mass is 10.0. The molecule has 20 heavy (non-hydrogen) atoms. The summed E-state index contributed by atoms with van der Waals surface area (Å²) >= 11 is 1.79. The van der Waals surface area contributed by atoms with Crippen LogP contribution in [0.15, 0.2) is 35.7 Å². The van der Waals surface area contributed by atoms with Gasteiger partial charge < -0.3 is 10.6 Å². The van der Waals surface area contributed by atoms with Crippen molar-refractivity contribution in [2.24, 2.45) is 5.92 Å². The molecular weight excluding hydrogens is 266 g/mol. The summed E-state index contributed by atoms with van der Waals surface area (Å²) in [6.07, 6.45) is 1.10. The molecule has 2 N–H and O–H groups in total. The monoisotopic (exact) mass is 289 g/mol. The molecule has 0 aliphatic rings. The minimum absolute atomic E-state index is 0.309. The number of aromatic nitrogens is 1. The van der Waals surface area contributed by atoms with Crippen molar-refractivity contribution in [3.8, 4) is 0 Å². The van der Waals surface area contributed by atoms with E-state index in [4.69, 9.17) is 0 Å². The first-order valence-corrected chi connectivity index (χ1v) is 8.09. The zero-order valence-electron chi connectivity index (χ0n) is 12.4. The number of anilines is 2. The van der Waals surface area contributed by atoms with Crippen LogP contribution in [0, 0.1) is 5.92 Å². The third-order valence-corrected chi connectivity index (χ3v) is 4.08. The number of rotatable bonds is 7. The molecule has 0 amide bonds. The van der Waals surface area contributed by atoms with Crippen LogP contribution in [0.4, 0.5) is 11.6 Å². The summed E-state index contributed by atoms with van der Waals surface area (Å²) < 4.78 is 0. The fourth-order valence-electron chi connectivity index (χ4n) is 2.06. The van der Waals surface area contributed by atoms with Crippen molar-refractivity contribution in [2.75, 3.05) is 17.2 Å². The van der Waals surface area contributed by atoms with Crippen molar-refractivity contribution in [3.63, 3.8) is 0 Å². The Morgan fingerprint density at radius 2 is 1.95 bits per heavy atom. The van der Waals surface area contributed by atoms with Crippen LogP contribution in [0.5, 0.6) is 0 Å². The first kappa shape index (κ1) is 14.9. The van der Waals surface area contributed by atoms with E-state index in [9.17, 15) is 0 Å². The van der Waals surface area contributed by atoms with Crippen LogP contribution in [0.3, 0.4) is 0 Å². The molecule has 1 atom stereocenters.